The van der Waals surface area contributed by atoms with Gasteiger partial charge in [0, 0.05) is 66.5 Å². The molecule has 1 aliphatic heterocycles. The number of rotatable bonds is 7. The number of benzene rings is 1. The molecule has 3 aromatic heterocycles. The summed E-state index contributed by atoms with van der Waals surface area (Å²) in [7, 11) is 0. The molecule has 0 atom stereocenters. The van der Waals surface area contributed by atoms with Crippen LogP contribution in [0.25, 0.3) is 21.9 Å². The van der Waals surface area contributed by atoms with Gasteiger partial charge in [-0.25, -0.2) is 0 Å². The van der Waals surface area contributed by atoms with Crippen LogP contribution in [0.2, 0.25) is 0 Å². The molecule has 4 heterocycles. The first-order valence-corrected chi connectivity index (χ1v) is 10.9. The molecule has 0 bridgehead atoms. The first-order valence-electron chi connectivity index (χ1n) is 10.9. The smallest absolute Gasteiger partial charge is 0.249 e. The molecular formula is C24H27N5O2. The summed E-state index contributed by atoms with van der Waals surface area (Å²) in [5.74, 6) is 0.557. The Balaban J connectivity index is 1.05. The molecule has 160 valence electrons. The predicted octanol–water partition coefficient (Wildman–Crippen LogP) is 3.39. The lowest BCUT2D eigenvalue weighted by atomic mass is 10.1. The normalized spacial score (nSPS) is 15.0. The Morgan fingerprint density at radius 3 is 2.74 bits per heavy atom. The Morgan fingerprint density at radius 1 is 0.968 bits per heavy atom. The van der Waals surface area contributed by atoms with E-state index in [0.717, 1.165) is 51.0 Å². The lowest BCUT2D eigenvalue weighted by molar-refractivity contribution is 0.237. The molecule has 0 spiro atoms. The second kappa shape index (κ2) is 8.81. The van der Waals surface area contributed by atoms with Crippen LogP contribution in [0.5, 0.6) is 5.88 Å². The highest BCUT2D eigenvalue weighted by Crippen LogP contribution is 2.27. The SMILES string of the molecule is O=c1ccc2ccc(OCCCCN3CCN(c4cccc5[nH]ccc45)CC3)nc2[nH]1. The molecule has 1 saturated heterocycles. The van der Waals surface area contributed by atoms with E-state index in [4.69, 9.17) is 4.74 Å². The maximum Gasteiger partial charge on any atom is 0.249 e. The van der Waals surface area contributed by atoms with Gasteiger partial charge in [-0.05, 0) is 49.7 Å². The van der Waals surface area contributed by atoms with Crippen LogP contribution in [0.15, 0.2) is 59.5 Å². The number of aromatic amines is 2. The van der Waals surface area contributed by atoms with Crippen LogP contribution >= 0.6 is 0 Å². The third-order valence-corrected chi connectivity index (χ3v) is 5.96. The van der Waals surface area contributed by atoms with Gasteiger partial charge in [-0.2, -0.15) is 4.98 Å². The highest BCUT2D eigenvalue weighted by Gasteiger charge is 2.18. The van der Waals surface area contributed by atoms with Crippen molar-refractivity contribution in [2.45, 2.75) is 12.8 Å². The zero-order valence-corrected chi connectivity index (χ0v) is 17.5. The van der Waals surface area contributed by atoms with Gasteiger partial charge in [-0.1, -0.05) is 6.07 Å². The van der Waals surface area contributed by atoms with Crippen molar-refractivity contribution in [3.63, 3.8) is 0 Å². The summed E-state index contributed by atoms with van der Waals surface area (Å²) < 4.78 is 5.79. The molecular weight excluding hydrogens is 390 g/mol. The highest BCUT2D eigenvalue weighted by atomic mass is 16.5. The summed E-state index contributed by atoms with van der Waals surface area (Å²) in [5, 5.41) is 2.21. The molecule has 1 fully saturated rings. The number of piperazine rings is 1. The standard InChI is InChI=1S/C24H27N5O2/c30-22-8-6-18-7-9-23(27-24(18)26-22)31-17-2-1-12-28-13-15-29(16-14-28)21-5-3-4-20-19(21)10-11-25-20/h3-11,25H,1-2,12-17H2,(H,26,27,30). The number of hydrogen-bond acceptors (Lipinski definition) is 5. The number of ether oxygens (including phenoxy) is 1. The van der Waals surface area contributed by atoms with E-state index >= 15 is 0 Å². The van der Waals surface area contributed by atoms with Crippen molar-refractivity contribution < 1.29 is 4.74 Å². The molecule has 0 radical (unpaired) electrons. The van der Waals surface area contributed by atoms with Crippen LogP contribution in [0.4, 0.5) is 5.69 Å². The maximum atomic E-state index is 11.4. The van der Waals surface area contributed by atoms with Crippen LogP contribution in [0, 0.1) is 0 Å². The van der Waals surface area contributed by atoms with Crippen molar-refractivity contribution in [1.82, 2.24) is 19.9 Å². The molecule has 0 saturated carbocycles. The molecule has 0 unspecified atom stereocenters. The average Bonchev–Trinajstić information content (AvgIpc) is 3.28. The van der Waals surface area contributed by atoms with Gasteiger partial charge >= 0.3 is 0 Å². The summed E-state index contributed by atoms with van der Waals surface area (Å²) in [6.07, 6.45) is 4.09. The van der Waals surface area contributed by atoms with Gasteiger partial charge in [0.25, 0.3) is 0 Å². The first kappa shape index (κ1) is 19.6. The molecule has 0 aliphatic carbocycles. The van der Waals surface area contributed by atoms with E-state index in [9.17, 15) is 4.79 Å². The number of fused-ring (bicyclic) bond motifs is 2. The second-order valence-corrected chi connectivity index (χ2v) is 8.01. The predicted molar refractivity (Wildman–Crippen MR) is 124 cm³/mol. The minimum Gasteiger partial charge on any atom is -0.478 e. The molecule has 5 rings (SSSR count). The van der Waals surface area contributed by atoms with E-state index in [2.05, 4.69) is 49.0 Å². The Labute approximate surface area is 180 Å². The zero-order valence-electron chi connectivity index (χ0n) is 17.5. The number of aromatic nitrogens is 3. The number of hydrogen-bond donors (Lipinski definition) is 2. The van der Waals surface area contributed by atoms with E-state index in [1.54, 1.807) is 6.07 Å². The van der Waals surface area contributed by atoms with Crippen LogP contribution in [0.3, 0.4) is 0 Å². The van der Waals surface area contributed by atoms with E-state index in [1.807, 2.05) is 18.3 Å². The average molecular weight is 418 g/mol. The van der Waals surface area contributed by atoms with Gasteiger partial charge in [0.2, 0.25) is 11.4 Å². The fourth-order valence-corrected chi connectivity index (χ4v) is 4.26. The van der Waals surface area contributed by atoms with Crippen LogP contribution in [0.1, 0.15) is 12.8 Å². The topological polar surface area (TPSA) is 77.2 Å². The van der Waals surface area contributed by atoms with Crippen LogP contribution < -0.4 is 15.2 Å². The Hall–Kier alpha value is -3.32. The molecule has 2 N–H and O–H groups in total. The van der Waals surface area contributed by atoms with Crippen molar-refractivity contribution in [3.8, 4) is 5.88 Å². The molecule has 4 aromatic rings. The van der Waals surface area contributed by atoms with Crippen molar-refractivity contribution in [3.05, 3.63) is 65.1 Å². The van der Waals surface area contributed by atoms with Crippen molar-refractivity contribution >= 4 is 27.6 Å². The summed E-state index contributed by atoms with van der Waals surface area (Å²) >= 11 is 0. The highest BCUT2D eigenvalue weighted by molar-refractivity contribution is 5.92. The van der Waals surface area contributed by atoms with Crippen molar-refractivity contribution in [2.24, 2.45) is 0 Å². The summed E-state index contributed by atoms with van der Waals surface area (Å²) in [6.45, 7) is 6.00. The number of pyridine rings is 2. The maximum absolute atomic E-state index is 11.4. The van der Waals surface area contributed by atoms with Gasteiger partial charge < -0.3 is 19.6 Å². The number of anilines is 1. The summed E-state index contributed by atoms with van der Waals surface area (Å²) in [5.41, 5.74) is 2.95. The minimum atomic E-state index is -0.151. The minimum absolute atomic E-state index is 0.151. The first-order chi connectivity index (χ1) is 15.3. The number of H-pyrrole nitrogens is 2. The number of unbranched alkanes of at least 4 members (excludes halogenated alkanes) is 1. The third kappa shape index (κ3) is 4.41. The Kier molecular flexibility index (Phi) is 5.58. The van der Waals surface area contributed by atoms with Gasteiger partial charge in [-0.3, -0.25) is 9.69 Å². The largest absolute Gasteiger partial charge is 0.478 e. The molecule has 1 aromatic carbocycles. The van der Waals surface area contributed by atoms with E-state index < -0.39 is 0 Å². The fraction of sp³-hybridized carbons (Fsp3) is 0.333. The van der Waals surface area contributed by atoms with E-state index in [1.165, 1.54) is 22.7 Å². The third-order valence-electron chi connectivity index (χ3n) is 5.96. The quantitative estimate of drug-likeness (QED) is 0.451. The molecule has 0 amide bonds. The zero-order chi connectivity index (χ0) is 21.0. The summed E-state index contributed by atoms with van der Waals surface area (Å²) in [6, 6.07) is 15.7. The number of nitrogens with one attached hydrogen (secondary N) is 2. The lowest BCUT2D eigenvalue weighted by Gasteiger charge is -2.36. The molecule has 7 nitrogen and oxygen atoms in total. The monoisotopic (exact) mass is 417 g/mol. The molecule has 1 aliphatic rings. The van der Waals surface area contributed by atoms with Gasteiger partial charge in [0.1, 0.15) is 5.65 Å². The van der Waals surface area contributed by atoms with Gasteiger partial charge in [0.05, 0.1) is 6.61 Å². The van der Waals surface area contributed by atoms with Gasteiger partial charge in [-0.15, -0.1) is 0 Å². The molecule has 31 heavy (non-hydrogen) atoms. The lowest BCUT2D eigenvalue weighted by Crippen LogP contribution is -2.46. The molecule has 7 heteroatoms. The van der Waals surface area contributed by atoms with E-state index in [-0.39, 0.29) is 5.56 Å². The second-order valence-electron chi connectivity index (χ2n) is 8.01. The fourth-order valence-electron chi connectivity index (χ4n) is 4.26. The summed E-state index contributed by atoms with van der Waals surface area (Å²) in [4.78, 5) is 26.9. The Bertz CT molecular complexity index is 1220. The van der Waals surface area contributed by atoms with Crippen LogP contribution in [-0.4, -0.2) is 59.2 Å². The van der Waals surface area contributed by atoms with Crippen LogP contribution in [-0.2, 0) is 0 Å². The van der Waals surface area contributed by atoms with Gasteiger partial charge in [0.15, 0.2) is 0 Å². The van der Waals surface area contributed by atoms with Crippen molar-refractivity contribution in [1.29, 1.82) is 0 Å². The number of nitrogens with zero attached hydrogens (tertiary/aromatic N) is 3. The van der Waals surface area contributed by atoms with E-state index in [0.29, 0.717) is 18.1 Å². The van der Waals surface area contributed by atoms with Crippen molar-refractivity contribution in [2.75, 3.05) is 44.2 Å². The Morgan fingerprint density at radius 2 is 1.84 bits per heavy atom.